The van der Waals surface area contributed by atoms with Gasteiger partial charge in [0.25, 0.3) is 0 Å². The molecule has 106 valence electrons. The second kappa shape index (κ2) is 6.06. The highest BCUT2D eigenvalue weighted by molar-refractivity contribution is 5.14. The summed E-state index contributed by atoms with van der Waals surface area (Å²) in [6.07, 6.45) is 18.3. The van der Waals surface area contributed by atoms with Crippen LogP contribution in [0.25, 0.3) is 0 Å². The second-order valence-electron chi connectivity index (χ2n) is 6.55. The summed E-state index contributed by atoms with van der Waals surface area (Å²) in [5.74, 6) is 0.806. The van der Waals surface area contributed by atoms with E-state index in [1.807, 2.05) is 6.26 Å². The van der Waals surface area contributed by atoms with Gasteiger partial charge in [-0.3, -0.25) is 0 Å². The molecule has 0 spiro atoms. The standard InChI is InChI=1S/C16H26N2O/c1-2-6-10-14(9-5-1)16(15-13-19-18-17-15)11-7-3-4-8-12-16/h13-14H,1-12H2. The lowest BCUT2D eigenvalue weighted by Gasteiger charge is -2.38. The van der Waals surface area contributed by atoms with Gasteiger partial charge >= 0.3 is 0 Å². The SMILES string of the molecule is c1onnc1C1(C2CCCCCC2)CCCCCC1. The molecule has 2 saturated carbocycles. The number of hydrogen-bond acceptors (Lipinski definition) is 3. The van der Waals surface area contributed by atoms with Crippen LogP contribution in [-0.2, 0) is 5.41 Å². The molecule has 3 nitrogen and oxygen atoms in total. The maximum absolute atomic E-state index is 5.09. The Hall–Kier alpha value is -0.860. The molecule has 0 bridgehead atoms. The summed E-state index contributed by atoms with van der Waals surface area (Å²) < 4.78 is 5.09. The van der Waals surface area contributed by atoms with Crippen LogP contribution < -0.4 is 0 Å². The minimum absolute atomic E-state index is 0.279. The van der Waals surface area contributed by atoms with E-state index in [-0.39, 0.29) is 5.41 Å². The largest absolute Gasteiger partial charge is 0.345 e. The molecular weight excluding hydrogens is 236 g/mol. The van der Waals surface area contributed by atoms with Crippen LogP contribution in [0.2, 0.25) is 0 Å². The third-order valence-electron chi connectivity index (χ3n) is 5.50. The van der Waals surface area contributed by atoms with Crippen molar-refractivity contribution in [3.8, 4) is 0 Å². The fourth-order valence-electron chi connectivity index (χ4n) is 4.45. The number of hydrogen-bond donors (Lipinski definition) is 0. The Labute approximate surface area is 116 Å². The normalized spacial score (nSPS) is 25.7. The topological polar surface area (TPSA) is 38.9 Å². The smallest absolute Gasteiger partial charge is 0.148 e. The number of nitrogens with zero attached hydrogens (tertiary/aromatic N) is 2. The van der Waals surface area contributed by atoms with E-state index in [4.69, 9.17) is 4.52 Å². The van der Waals surface area contributed by atoms with Gasteiger partial charge in [-0.2, -0.15) is 0 Å². The van der Waals surface area contributed by atoms with E-state index in [1.165, 1.54) is 77.0 Å². The van der Waals surface area contributed by atoms with Crippen LogP contribution in [0, 0.1) is 5.92 Å². The monoisotopic (exact) mass is 262 g/mol. The minimum Gasteiger partial charge on any atom is -0.345 e. The summed E-state index contributed by atoms with van der Waals surface area (Å²) in [6.45, 7) is 0. The van der Waals surface area contributed by atoms with Crippen LogP contribution in [-0.4, -0.2) is 10.4 Å². The first-order valence-electron chi connectivity index (χ1n) is 8.19. The predicted octanol–water partition coefficient (Wildman–Crippen LogP) is 4.63. The first-order valence-corrected chi connectivity index (χ1v) is 8.19. The quantitative estimate of drug-likeness (QED) is 0.729. The van der Waals surface area contributed by atoms with Crippen LogP contribution in [0.15, 0.2) is 10.8 Å². The van der Waals surface area contributed by atoms with Gasteiger partial charge in [-0.1, -0.05) is 51.4 Å². The zero-order valence-electron chi connectivity index (χ0n) is 11.9. The Morgan fingerprint density at radius 1 is 0.895 bits per heavy atom. The summed E-state index contributed by atoms with van der Waals surface area (Å²) >= 11 is 0. The Kier molecular flexibility index (Phi) is 4.19. The van der Waals surface area contributed by atoms with Crippen molar-refractivity contribution in [2.24, 2.45) is 5.92 Å². The van der Waals surface area contributed by atoms with Gasteiger partial charge in [0, 0.05) is 10.7 Å². The molecule has 0 saturated heterocycles. The lowest BCUT2D eigenvalue weighted by molar-refractivity contribution is 0.203. The summed E-state index contributed by atoms with van der Waals surface area (Å²) in [6, 6.07) is 0. The first kappa shape index (κ1) is 13.1. The third-order valence-corrected chi connectivity index (χ3v) is 5.50. The van der Waals surface area contributed by atoms with Crippen molar-refractivity contribution in [2.75, 3.05) is 0 Å². The van der Waals surface area contributed by atoms with Gasteiger partial charge in [0.05, 0.1) is 0 Å². The first-order chi connectivity index (χ1) is 9.42. The minimum atomic E-state index is 0.279. The highest BCUT2D eigenvalue weighted by atomic mass is 16.5. The van der Waals surface area contributed by atoms with E-state index in [0.717, 1.165) is 11.6 Å². The van der Waals surface area contributed by atoms with Gasteiger partial charge in [-0.25, -0.2) is 0 Å². The van der Waals surface area contributed by atoms with E-state index in [0.29, 0.717) is 0 Å². The molecule has 1 aromatic rings. The lowest BCUT2D eigenvalue weighted by Crippen LogP contribution is -2.35. The highest BCUT2D eigenvalue weighted by Crippen LogP contribution is 2.48. The van der Waals surface area contributed by atoms with E-state index < -0.39 is 0 Å². The molecular formula is C16H26N2O. The lowest BCUT2D eigenvalue weighted by atomic mass is 9.65. The molecule has 0 N–H and O–H groups in total. The third kappa shape index (κ3) is 2.70. The van der Waals surface area contributed by atoms with Crippen molar-refractivity contribution in [1.29, 1.82) is 0 Å². The van der Waals surface area contributed by atoms with Crippen LogP contribution in [0.5, 0.6) is 0 Å². The Morgan fingerprint density at radius 3 is 2.11 bits per heavy atom. The highest BCUT2D eigenvalue weighted by Gasteiger charge is 2.42. The molecule has 2 aliphatic carbocycles. The molecule has 3 heteroatoms. The summed E-state index contributed by atoms with van der Waals surface area (Å²) in [5, 5.41) is 8.11. The van der Waals surface area contributed by atoms with Crippen molar-refractivity contribution in [1.82, 2.24) is 10.4 Å². The maximum atomic E-state index is 5.09. The van der Waals surface area contributed by atoms with E-state index in [2.05, 4.69) is 10.4 Å². The van der Waals surface area contributed by atoms with Crippen molar-refractivity contribution in [3.63, 3.8) is 0 Å². The number of aromatic nitrogens is 2. The maximum Gasteiger partial charge on any atom is 0.148 e. The number of rotatable bonds is 2. The molecule has 0 radical (unpaired) electrons. The van der Waals surface area contributed by atoms with Gasteiger partial charge in [0.2, 0.25) is 0 Å². The molecule has 0 aromatic carbocycles. The van der Waals surface area contributed by atoms with Gasteiger partial charge in [0.15, 0.2) is 0 Å². The average molecular weight is 262 g/mol. The van der Waals surface area contributed by atoms with Crippen molar-refractivity contribution in [3.05, 3.63) is 12.0 Å². The Morgan fingerprint density at radius 2 is 1.53 bits per heavy atom. The molecule has 3 rings (SSSR count). The van der Waals surface area contributed by atoms with Crippen molar-refractivity contribution < 1.29 is 4.52 Å². The van der Waals surface area contributed by atoms with Crippen LogP contribution in [0.3, 0.4) is 0 Å². The predicted molar refractivity (Wildman–Crippen MR) is 74.9 cm³/mol. The van der Waals surface area contributed by atoms with Crippen LogP contribution in [0.1, 0.15) is 82.7 Å². The molecule has 0 unspecified atom stereocenters. The molecule has 19 heavy (non-hydrogen) atoms. The molecule has 2 aliphatic rings. The summed E-state index contributed by atoms with van der Waals surface area (Å²) in [4.78, 5) is 0. The zero-order valence-corrected chi connectivity index (χ0v) is 11.9. The summed E-state index contributed by atoms with van der Waals surface area (Å²) in [5.41, 5.74) is 1.43. The molecule has 0 amide bonds. The fraction of sp³-hybridized carbons (Fsp3) is 0.875. The van der Waals surface area contributed by atoms with Gasteiger partial charge in [-0.05, 0) is 31.6 Å². The van der Waals surface area contributed by atoms with Crippen molar-refractivity contribution >= 4 is 0 Å². The van der Waals surface area contributed by atoms with Crippen molar-refractivity contribution in [2.45, 2.75) is 82.5 Å². The molecule has 0 aliphatic heterocycles. The van der Waals surface area contributed by atoms with Gasteiger partial charge in [-0.15, -0.1) is 5.10 Å². The van der Waals surface area contributed by atoms with E-state index >= 15 is 0 Å². The molecule has 2 fully saturated rings. The summed E-state index contributed by atoms with van der Waals surface area (Å²) in [7, 11) is 0. The Bertz CT molecular complexity index is 358. The second-order valence-corrected chi connectivity index (χ2v) is 6.55. The van der Waals surface area contributed by atoms with Crippen LogP contribution in [0.4, 0.5) is 0 Å². The Balaban J connectivity index is 1.90. The zero-order chi connectivity index (χ0) is 13.0. The van der Waals surface area contributed by atoms with Crippen LogP contribution >= 0.6 is 0 Å². The molecule has 0 atom stereocenters. The van der Waals surface area contributed by atoms with Gasteiger partial charge < -0.3 is 4.52 Å². The molecule has 1 aromatic heterocycles. The molecule has 1 heterocycles. The van der Waals surface area contributed by atoms with E-state index in [1.54, 1.807) is 0 Å². The average Bonchev–Trinajstić information content (AvgIpc) is 2.70. The van der Waals surface area contributed by atoms with Gasteiger partial charge in [0.1, 0.15) is 12.0 Å². The van der Waals surface area contributed by atoms with E-state index in [9.17, 15) is 0 Å². The fourth-order valence-corrected chi connectivity index (χ4v) is 4.45.